The van der Waals surface area contributed by atoms with Gasteiger partial charge >= 0.3 is 0 Å². The third kappa shape index (κ3) is 4.16. The summed E-state index contributed by atoms with van der Waals surface area (Å²) in [5, 5.41) is 5.72. The average Bonchev–Trinajstić information content (AvgIpc) is 3.43. The zero-order valence-electron chi connectivity index (χ0n) is 15.1. The third-order valence-electron chi connectivity index (χ3n) is 5.28. The lowest BCUT2D eigenvalue weighted by Crippen LogP contribution is -2.37. The minimum absolute atomic E-state index is 0.0225. The molecule has 0 bridgehead atoms. The van der Waals surface area contributed by atoms with Crippen molar-refractivity contribution in [3.63, 3.8) is 0 Å². The normalized spacial score (nSPS) is 20.4. The Morgan fingerprint density at radius 2 is 2.04 bits per heavy atom. The second kappa shape index (κ2) is 8.12. The number of carbonyl (C=O) groups excluding carboxylic acids is 2. The zero-order valence-corrected chi connectivity index (χ0v) is 16.0. The highest BCUT2D eigenvalue weighted by Gasteiger charge is 2.38. The van der Waals surface area contributed by atoms with Gasteiger partial charge in [0.1, 0.15) is 0 Å². The summed E-state index contributed by atoms with van der Waals surface area (Å²) >= 11 is 1.50. The van der Waals surface area contributed by atoms with Gasteiger partial charge in [0.2, 0.25) is 11.8 Å². The van der Waals surface area contributed by atoms with Gasteiger partial charge in [0, 0.05) is 49.7 Å². The second-order valence-electron chi connectivity index (χ2n) is 7.14. The van der Waals surface area contributed by atoms with Gasteiger partial charge in [-0.05, 0) is 18.9 Å². The molecule has 4 rings (SSSR count). The molecular formula is C19H23N5O2S. The van der Waals surface area contributed by atoms with Gasteiger partial charge in [-0.25, -0.2) is 15.0 Å². The van der Waals surface area contributed by atoms with Gasteiger partial charge in [0.25, 0.3) is 0 Å². The molecule has 1 aliphatic heterocycles. The SMILES string of the molecule is O=C(NCCc1csc(-c2ncccn2)n1)C1CC(=O)N(C2CCCC2)C1. The minimum atomic E-state index is -0.221. The topological polar surface area (TPSA) is 88.1 Å². The highest BCUT2D eigenvalue weighted by molar-refractivity contribution is 7.13. The molecule has 2 aromatic rings. The summed E-state index contributed by atoms with van der Waals surface area (Å²) in [6, 6.07) is 2.12. The Kier molecular flexibility index (Phi) is 5.42. The van der Waals surface area contributed by atoms with Gasteiger partial charge in [-0.2, -0.15) is 0 Å². The number of rotatable bonds is 6. The Balaban J connectivity index is 1.25. The molecule has 7 nitrogen and oxygen atoms in total. The summed E-state index contributed by atoms with van der Waals surface area (Å²) < 4.78 is 0. The summed E-state index contributed by atoms with van der Waals surface area (Å²) in [5.41, 5.74) is 0.915. The fraction of sp³-hybridized carbons (Fsp3) is 0.526. The van der Waals surface area contributed by atoms with Crippen molar-refractivity contribution in [2.24, 2.45) is 5.92 Å². The lowest BCUT2D eigenvalue weighted by Gasteiger charge is -2.23. The minimum Gasteiger partial charge on any atom is -0.355 e. The van der Waals surface area contributed by atoms with Crippen molar-refractivity contribution in [1.29, 1.82) is 0 Å². The Bertz CT molecular complexity index is 803. The average molecular weight is 385 g/mol. The van der Waals surface area contributed by atoms with Crippen molar-refractivity contribution in [2.75, 3.05) is 13.1 Å². The summed E-state index contributed by atoms with van der Waals surface area (Å²) in [6.45, 7) is 1.09. The van der Waals surface area contributed by atoms with Crippen LogP contribution in [0.5, 0.6) is 0 Å². The number of aromatic nitrogens is 3. The van der Waals surface area contributed by atoms with E-state index in [0.29, 0.717) is 37.8 Å². The van der Waals surface area contributed by atoms with Gasteiger partial charge in [-0.15, -0.1) is 11.3 Å². The molecule has 3 heterocycles. The molecule has 1 aliphatic carbocycles. The number of amides is 2. The van der Waals surface area contributed by atoms with Crippen LogP contribution in [0.4, 0.5) is 0 Å². The first-order valence-corrected chi connectivity index (χ1v) is 10.4. The van der Waals surface area contributed by atoms with Crippen LogP contribution in [0.1, 0.15) is 37.8 Å². The van der Waals surface area contributed by atoms with Crippen LogP contribution in [0, 0.1) is 5.92 Å². The Morgan fingerprint density at radius 3 is 2.81 bits per heavy atom. The van der Waals surface area contributed by atoms with Crippen molar-refractivity contribution in [1.82, 2.24) is 25.2 Å². The van der Waals surface area contributed by atoms with Gasteiger partial charge in [-0.1, -0.05) is 12.8 Å². The van der Waals surface area contributed by atoms with E-state index in [1.807, 2.05) is 10.3 Å². The van der Waals surface area contributed by atoms with E-state index in [1.165, 1.54) is 24.2 Å². The first-order valence-electron chi connectivity index (χ1n) is 9.49. The summed E-state index contributed by atoms with van der Waals surface area (Å²) in [6.07, 6.45) is 8.93. The first kappa shape index (κ1) is 18.0. The molecule has 0 spiro atoms. The van der Waals surface area contributed by atoms with Crippen LogP contribution in [-0.4, -0.2) is 50.8 Å². The number of thiazole rings is 1. The van der Waals surface area contributed by atoms with Crippen molar-refractivity contribution < 1.29 is 9.59 Å². The molecule has 1 unspecified atom stereocenters. The smallest absolute Gasteiger partial charge is 0.225 e. The van der Waals surface area contributed by atoms with Crippen LogP contribution < -0.4 is 5.32 Å². The number of nitrogens with one attached hydrogen (secondary N) is 1. The fourth-order valence-electron chi connectivity index (χ4n) is 3.87. The van der Waals surface area contributed by atoms with Crippen molar-refractivity contribution in [3.8, 4) is 10.8 Å². The first-order chi connectivity index (χ1) is 13.2. The molecule has 142 valence electrons. The number of hydrogen-bond acceptors (Lipinski definition) is 6. The Hall–Kier alpha value is -2.35. The molecule has 1 N–H and O–H groups in total. The second-order valence-corrected chi connectivity index (χ2v) is 8.00. The maximum Gasteiger partial charge on any atom is 0.225 e. The molecule has 2 amide bonds. The predicted molar refractivity (Wildman–Crippen MR) is 102 cm³/mol. The Labute approximate surface area is 162 Å². The van der Waals surface area contributed by atoms with Gasteiger partial charge in [-0.3, -0.25) is 9.59 Å². The van der Waals surface area contributed by atoms with Crippen molar-refractivity contribution >= 4 is 23.2 Å². The van der Waals surface area contributed by atoms with E-state index in [0.717, 1.165) is 23.5 Å². The van der Waals surface area contributed by atoms with Crippen molar-refractivity contribution in [2.45, 2.75) is 44.6 Å². The van der Waals surface area contributed by atoms with Gasteiger partial charge < -0.3 is 10.2 Å². The van der Waals surface area contributed by atoms with Crippen LogP contribution >= 0.6 is 11.3 Å². The lowest BCUT2D eigenvalue weighted by atomic mass is 10.1. The van der Waals surface area contributed by atoms with Crippen LogP contribution in [0.25, 0.3) is 10.8 Å². The molecule has 1 saturated heterocycles. The fourth-order valence-corrected chi connectivity index (χ4v) is 4.67. The molecule has 2 aliphatic rings. The summed E-state index contributed by atoms with van der Waals surface area (Å²) in [5.74, 6) is 0.510. The van der Waals surface area contributed by atoms with E-state index in [2.05, 4.69) is 20.3 Å². The number of likely N-dealkylation sites (tertiary alicyclic amines) is 1. The molecular weight excluding hydrogens is 362 g/mol. The van der Waals surface area contributed by atoms with Crippen LogP contribution in [0.2, 0.25) is 0 Å². The van der Waals surface area contributed by atoms with Crippen molar-refractivity contribution in [3.05, 3.63) is 29.5 Å². The van der Waals surface area contributed by atoms with E-state index < -0.39 is 0 Å². The van der Waals surface area contributed by atoms with Crippen LogP contribution in [0.15, 0.2) is 23.8 Å². The molecule has 27 heavy (non-hydrogen) atoms. The molecule has 8 heteroatoms. The van der Waals surface area contributed by atoms with E-state index in [4.69, 9.17) is 0 Å². The zero-order chi connectivity index (χ0) is 18.6. The number of hydrogen-bond donors (Lipinski definition) is 1. The number of nitrogens with zero attached hydrogens (tertiary/aromatic N) is 4. The molecule has 1 atom stereocenters. The summed E-state index contributed by atoms with van der Waals surface area (Å²) in [4.78, 5) is 39.5. The molecule has 0 aromatic carbocycles. The largest absolute Gasteiger partial charge is 0.355 e. The van der Waals surface area contributed by atoms with E-state index in [1.54, 1.807) is 18.5 Å². The molecule has 2 aromatic heterocycles. The molecule has 0 radical (unpaired) electrons. The third-order valence-corrected chi connectivity index (χ3v) is 6.17. The monoisotopic (exact) mass is 385 g/mol. The molecule has 2 fully saturated rings. The van der Waals surface area contributed by atoms with Crippen LogP contribution in [-0.2, 0) is 16.0 Å². The van der Waals surface area contributed by atoms with E-state index >= 15 is 0 Å². The van der Waals surface area contributed by atoms with E-state index in [9.17, 15) is 9.59 Å². The lowest BCUT2D eigenvalue weighted by molar-refractivity contribution is -0.130. The van der Waals surface area contributed by atoms with Gasteiger partial charge in [0.15, 0.2) is 10.8 Å². The Morgan fingerprint density at radius 1 is 1.26 bits per heavy atom. The standard InChI is InChI=1S/C19H23N5O2S/c25-16-10-13(11-24(16)15-4-1-2-5-15)18(26)22-9-6-14-12-27-19(23-14)17-20-7-3-8-21-17/h3,7-8,12-13,15H,1-2,4-6,9-11H2,(H,22,26). The highest BCUT2D eigenvalue weighted by Crippen LogP contribution is 2.29. The highest BCUT2D eigenvalue weighted by atomic mass is 32.1. The van der Waals surface area contributed by atoms with E-state index in [-0.39, 0.29) is 17.7 Å². The maximum absolute atomic E-state index is 12.4. The predicted octanol–water partition coefficient (Wildman–Crippen LogP) is 2.05. The maximum atomic E-state index is 12.4. The summed E-state index contributed by atoms with van der Waals surface area (Å²) in [7, 11) is 0. The molecule has 1 saturated carbocycles. The van der Waals surface area contributed by atoms with Crippen LogP contribution in [0.3, 0.4) is 0 Å². The quantitative estimate of drug-likeness (QED) is 0.822. The number of carbonyl (C=O) groups is 2. The van der Waals surface area contributed by atoms with Gasteiger partial charge in [0.05, 0.1) is 11.6 Å².